The van der Waals surface area contributed by atoms with Gasteiger partial charge in [0.2, 0.25) is 6.79 Å². The van der Waals surface area contributed by atoms with Crippen molar-refractivity contribution >= 4 is 10.9 Å². The molecule has 3 heterocycles. The van der Waals surface area contributed by atoms with Crippen molar-refractivity contribution in [3.8, 4) is 11.5 Å². The lowest BCUT2D eigenvalue weighted by atomic mass is 9.89. The molecule has 0 aliphatic carbocycles. The number of hydrogen-bond donors (Lipinski definition) is 2. The van der Waals surface area contributed by atoms with Gasteiger partial charge in [0.15, 0.2) is 11.5 Å². The fraction of sp³-hybridized carbons (Fsp3) is 0.222. The molecule has 1 unspecified atom stereocenters. The predicted octanol–water partition coefficient (Wildman–Crippen LogP) is 3.13. The standard InChI is InChI=1S/C18H16N2O2/c1-2-4-15-12(3-1)14(9-20-15)18-13-8-17-16(21-10-22-17)7-11(13)5-6-19-18/h1-4,7-9,18-20H,5-6,10H2. The highest BCUT2D eigenvalue weighted by Crippen LogP contribution is 2.41. The Balaban J connectivity index is 1.69. The molecule has 2 aliphatic rings. The second kappa shape index (κ2) is 4.52. The Labute approximate surface area is 128 Å². The molecule has 2 aliphatic heterocycles. The molecule has 0 amide bonds. The lowest BCUT2D eigenvalue weighted by Crippen LogP contribution is -2.30. The molecular formula is C18H16N2O2. The third-order valence-corrected chi connectivity index (χ3v) is 4.62. The number of fused-ring (bicyclic) bond motifs is 3. The molecule has 0 saturated carbocycles. The maximum Gasteiger partial charge on any atom is 0.231 e. The summed E-state index contributed by atoms with van der Waals surface area (Å²) in [6.45, 7) is 1.29. The SMILES string of the molecule is c1ccc2c(C3NCCc4cc5c(cc43)OCO5)c[nH]c2c1. The van der Waals surface area contributed by atoms with Crippen LogP contribution in [0.15, 0.2) is 42.6 Å². The number of rotatable bonds is 1. The molecule has 0 radical (unpaired) electrons. The summed E-state index contributed by atoms with van der Waals surface area (Å²) in [7, 11) is 0. The van der Waals surface area contributed by atoms with Gasteiger partial charge in [-0.05, 0) is 41.3 Å². The van der Waals surface area contributed by atoms with E-state index in [1.54, 1.807) is 0 Å². The van der Waals surface area contributed by atoms with Gasteiger partial charge in [-0.2, -0.15) is 0 Å². The van der Waals surface area contributed by atoms with Crippen LogP contribution in [0.5, 0.6) is 11.5 Å². The second-order valence-electron chi connectivity index (χ2n) is 5.83. The number of nitrogens with one attached hydrogen (secondary N) is 2. The zero-order valence-corrected chi connectivity index (χ0v) is 12.1. The first-order chi connectivity index (χ1) is 10.9. The van der Waals surface area contributed by atoms with Gasteiger partial charge in [-0.15, -0.1) is 0 Å². The Morgan fingerprint density at radius 2 is 1.86 bits per heavy atom. The maximum atomic E-state index is 5.56. The van der Waals surface area contributed by atoms with E-state index in [0.717, 1.165) is 24.5 Å². The second-order valence-corrected chi connectivity index (χ2v) is 5.83. The Kier molecular flexibility index (Phi) is 2.49. The molecule has 2 aromatic carbocycles. The first kappa shape index (κ1) is 12.1. The normalized spacial score (nSPS) is 19.4. The van der Waals surface area contributed by atoms with E-state index in [-0.39, 0.29) is 6.04 Å². The molecule has 5 rings (SSSR count). The van der Waals surface area contributed by atoms with E-state index in [1.807, 2.05) is 0 Å². The molecule has 1 atom stereocenters. The van der Waals surface area contributed by atoms with Gasteiger partial charge in [0.05, 0.1) is 6.04 Å². The first-order valence-electron chi connectivity index (χ1n) is 7.62. The van der Waals surface area contributed by atoms with E-state index in [2.05, 4.69) is 52.9 Å². The van der Waals surface area contributed by atoms with Crippen LogP contribution in [0, 0.1) is 0 Å². The zero-order chi connectivity index (χ0) is 14.5. The summed E-state index contributed by atoms with van der Waals surface area (Å²) in [5, 5.41) is 4.91. The van der Waals surface area contributed by atoms with Crippen molar-refractivity contribution in [1.82, 2.24) is 10.3 Å². The van der Waals surface area contributed by atoms with Crippen molar-refractivity contribution in [2.45, 2.75) is 12.5 Å². The number of hydrogen-bond acceptors (Lipinski definition) is 3. The van der Waals surface area contributed by atoms with Crippen molar-refractivity contribution < 1.29 is 9.47 Å². The van der Waals surface area contributed by atoms with E-state index in [1.165, 1.54) is 27.6 Å². The topological polar surface area (TPSA) is 46.3 Å². The summed E-state index contributed by atoms with van der Waals surface area (Å²) in [6, 6.07) is 12.9. The first-order valence-corrected chi connectivity index (χ1v) is 7.62. The molecule has 3 aromatic rings. The van der Waals surface area contributed by atoms with E-state index in [9.17, 15) is 0 Å². The highest BCUT2D eigenvalue weighted by molar-refractivity contribution is 5.84. The fourth-order valence-corrected chi connectivity index (χ4v) is 3.56. The van der Waals surface area contributed by atoms with Crippen LogP contribution >= 0.6 is 0 Å². The molecule has 4 nitrogen and oxygen atoms in total. The van der Waals surface area contributed by atoms with Crippen LogP contribution < -0.4 is 14.8 Å². The smallest absolute Gasteiger partial charge is 0.231 e. The lowest BCUT2D eigenvalue weighted by molar-refractivity contribution is 0.174. The minimum Gasteiger partial charge on any atom is -0.454 e. The van der Waals surface area contributed by atoms with E-state index >= 15 is 0 Å². The molecule has 0 bridgehead atoms. The van der Waals surface area contributed by atoms with Crippen LogP contribution in [0.25, 0.3) is 10.9 Å². The summed E-state index contributed by atoms with van der Waals surface area (Å²) in [4.78, 5) is 3.37. The lowest BCUT2D eigenvalue weighted by Gasteiger charge is -2.27. The molecule has 110 valence electrons. The molecular weight excluding hydrogens is 276 g/mol. The van der Waals surface area contributed by atoms with E-state index in [0.29, 0.717) is 6.79 Å². The minimum atomic E-state index is 0.189. The largest absolute Gasteiger partial charge is 0.454 e. The van der Waals surface area contributed by atoms with Gasteiger partial charge in [0, 0.05) is 23.6 Å². The summed E-state index contributed by atoms with van der Waals surface area (Å²) < 4.78 is 11.1. The van der Waals surface area contributed by atoms with Gasteiger partial charge < -0.3 is 19.8 Å². The number of ether oxygens (including phenoxy) is 2. The van der Waals surface area contributed by atoms with Gasteiger partial charge in [-0.25, -0.2) is 0 Å². The molecule has 0 fully saturated rings. The molecule has 22 heavy (non-hydrogen) atoms. The van der Waals surface area contributed by atoms with Crippen molar-refractivity contribution in [3.05, 3.63) is 59.3 Å². The van der Waals surface area contributed by atoms with Gasteiger partial charge in [0.1, 0.15) is 0 Å². The number of aromatic nitrogens is 1. The maximum absolute atomic E-state index is 5.56. The van der Waals surface area contributed by atoms with Crippen LogP contribution in [0.4, 0.5) is 0 Å². The van der Waals surface area contributed by atoms with Crippen LogP contribution in [0.1, 0.15) is 22.7 Å². The number of benzene rings is 2. The fourth-order valence-electron chi connectivity index (χ4n) is 3.56. The van der Waals surface area contributed by atoms with Gasteiger partial charge in [-0.3, -0.25) is 0 Å². The van der Waals surface area contributed by atoms with Crippen molar-refractivity contribution in [1.29, 1.82) is 0 Å². The molecule has 1 aromatic heterocycles. The summed E-state index contributed by atoms with van der Waals surface area (Å²) in [5.41, 5.74) is 5.10. The number of aromatic amines is 1. The van der Waals surface area contributed by atoms with E-state index < -0.39 is 0 Å². The summed E-state index contributed by atoms with van der Waals surface area (Å²) in [5.74, 6) is 1.73. The highest BCUT2D eigenvalue weighted by atomic mass is 16.7. The number of H-pyrrole nitrogens is 1. The third kappa shape index (κ3) is 1.67. The molecule has 4 heteroatoms. The quantitative estimate of drug-likeness (QED) is 0.724. The zero-order valence-electron chi connectivity index (χ0n) is 12.1. The van der Waals surface area contributed by atoms with Gasteiger partial charge in [0.25, 0.3) is 0 Å². The minimum absolute atomic E-state index is 0.189. The third-order valence-electron chi connectivity index (χ3n) is 4.62. The highest BCUT2D eigenvalue weighted by Gasteiger charge is 2.27. The predicted molar refractivity (Wildman–Crippen MR) is 84.4 cm³/mol. The van der Waals surface area contributed by atoms with Crippen molar-refractivity contribution in [2.75, 3.05) is 13.3 Å². The average Bonchev–Trinajstić information content (AvgIpc) is 3.18. The van der Waals surface area contributed by atoms with Crippen molar-refractivity contribution in [2.24, 2.45) is 0 Å². The average molecular weight is 292 g/mol. The van der Waals surface area contributed by atoms with Crippen molar-refractivity contribution in [3.63, 3.8) is 0 Å². The number of para-hydroxylation sites is 1. The summed E-state index contributed by atoms with van der Waals surface area (Å²) in [6.07, 6.45) is 3.13. The van der Waals surface area contributed by atoms with Gasteiger partial charge >= 0.3 is 0 Å². The van der Waals surface area contributed by atoms with Crippen LogP contribution in [0.3, 0.4) is 0 Å². The van der Waals surface area contributed by atoms with Crippen LogP contribution in [-0.4, -0.2) is 18.3 Å². The molecule has 2 N–H and O–H groups in total. The molecule has 0 spiro atoms. The Morgan fingerprint density at radius 1 is 1.00 bits per heavy atom. The Bertz CT molecular complexity index is 869. The van der Waals surface area contributed by atoms with E-state index in [4.69, 9.17) is 9.47 Å². The Hall–Kier alpha value is -2.46. The van der Waals surface area contributed by atoms with Crippen LogP contribution in [-0.2, 0) is 6.42 Å². The van der Waals surface area contributed by atoms with Crippen LogP contribution in [0.2, 0.25) is 0 Å². The molecule has 0 saturated heterocycles. The monoisotopic (exact) mass is 292 g/mol. The van der Waals surface area contributed by atoms with Gasteiger partial charge in [-0.1, -0.05) is 18.2 Å². The summed E-state index contributed by atoms with van der Waals surface area (Å²) >= 11 is 0. The Morgan fingerprint density at radius 3 is 2.82 bits per heavy atom.